The Kier molecular flexibility index (Phi) is 5.38. The Hall–Kier alpha value is -1.13. The molecule has 0 aromatic carbocycles. The number of aromatic nitrogens is 1. The topological polar surface area (TPSA) is 62.2 Å². The van der Waals surface area contributed by atoms with Gasteiger partial charge in [-0.25, -0.2) is 4.98 Å². The largest absolute Gasteiger partial charge is 0.396 e. The van der Waals surface area contributed by atoms with Gasteiger partial charge in [0.05, 0.1) is 0 Å². The highest BCUT2D eigenvalue weighted by atomic mass is 35.5. The van der Waals surface area contributed by atoms with Gasteiger partial charge in [-0.1, -0.05) is 18.5 Å². The molecule has 0 saturated carbocycles. The molecule has 94 valence electrons. The van der Waals surface area contributed by atoms with Crippen molar-refractivity contribution in [3.05, 3.63) is 28.5 Å². The van der Waals surface area contributed by atoms with Gasteiger partial charge in [0.15, 0.2) is 0 Å². The van der Waals surface area contributed by atoms with Gasteiger partial charge in [0.1, 0.15) is 5.15 Å². The van der Waals surface area contributed by atoms with E-state index in [1.807, 2.05) is 6.92 Å². The molecule has 1 atom stereocenters. The Morgan fingerprint density at radius 2 is 2.29 bits per heavy atom. The van der Waals surface area contributed by atoms with E-state index in [9.17, 15) is 4.79 Å². The molecular formula is C12H17ClN2O2. The van der Waals surface area contributed by atoms with Crippen LogP contribution >= 0.6 is 11.6 Å². The van der Waals surface area contributed by atoms with Gasteiger partial charge < -0.3 is 10.4 Å². The predicted octanol–water partition coefficient (Wildman–Crippen LogP) is 1.93. The number of hydrogen-bond donors (Lipinski definition) is 2. The summed E-state index contributed by atoms with van der Waals surface area (Å²) in [4.78, 5) is 15.9. The molecule has 0 spiro atoms. The zero-order valence-electron chi connectivity index (χ0n) is 10.0. The molecule has 1 amide bonds. The molecule has 0 bridgehead atoms. The van der Waals surface area contributed by atoms with Crippen molar-refractivity contribution in [2.24, 2.45) is 0 Å². The van der Waals surface area contributed by atoms with E-state index in [0.29, 0.717) is 22.8 Å². The van der Waals surface area contributed by atoms with Crippen molar-refractivity contribution < 1.29 is 9.90 Å². The molecule has 0 aliphatic heterocycles. The third kappa shape index (κ3) is 4.32. The summed E-state index contributed by atoms with van der Waals surface area (Å²) < 4.78 is 0. The quantitative estimate of drug-likeness (QED) is 0.792. The molecule has 5 heteroatoms. The molecular weight excluding hydrogens is 240 g/mol. The van der Waals surface area contributed by atoms with Crippen LogP contribution in [-0.2, 0) is 0 Å². The monoisotopic (exact) mass is 256 g/mol. The molecule has 4 nitrogen and oxygen atoms in total. The zero-order valence-corrected chi connectivity index (χ0v) is 10.8. The molecule has 2 N–H and O–H groups in total. The van der Waals surface area contributed by atoms with Crippen molar-refractivity contribution in [1.82, 2.24) is 10.3 Å². The summed E-state index contributed by atoms with van der Waals surface area (Å²) in [6, 6.07) is 3.21. The lowest BCUT2D eigenvalue weighted by Gasteiger charge is -2.15. The number of hydrogen-bond acceptors (Lipinski definition) is 3. The molecule has 0 aliphatic rings. The standard InChI is InChI=1S/C12H17ClN2O2/c1-3-10(4-5-16)15-12(17)9-6-8(2)14-11(13)7-9/h6-7,10,16H,3-5H2,1-2H3,(H,15,17). The molecule has 0 radical (unpaired) electrons. The number of pyridine rings is 1. The van der Waals surface area contributed by atoms with Crippen molar-refractivity contribution in [3.63, 3.8) is 0 Å². The van der Waals surface area contributed by atoms with Gasteiger partial charge in [-0.05, 0) is 31.9 Å². The van der Waals surface area contributed by atoms with Gasteiger partial charge in [0, 0.05) is 23.9 Å². The molecule has 1 unspecified atom stereocenters. The normalized spacial score (nSPS) is 12.2. The van der Waals surface area contributed by atoms with Crippen molar-refractivity contribution in [2.75, 3.05) is 6.61 Å². The van der Waals surface area contributed by atoms with Crippen LogP contribution < -0.4 is 5.32 Å². The summed E-state index contributed by atoms with van der Waals surface area (Å²) in [6.07, 6.45) is 1.34. The summed E-state index contributed by atoms with van der Waals surface area (Å²) in [5, 5.41) is 12.0. The number of halogens is 1. The molecule has 1 aromatic heterocycles. The van der Waals surface area contributed by atoms with Crippen LogP contribution in [0.25, 0.3) is 0 Å². The van der Waals surface area contributed by atoms with E-state index in [4.69, 9.17) is 16.7 Å². The van der Waals surface area contributed by atoms with Crippen molar-refractivity contribution in [2.45, 2.75) is 32.7 Å². The van der Waals surface area contributed by atoms with Gasteiger partial charge in [-0.3, -0.25) is 4.79 Å². The first-order chi connectivity index (χ1) is 8.06. The number of aliphatic hydroxyl groups excluding tert-OH is 1. The van der Waals surface area contributed by atoms with Crippen molar-refractivity contribution in [1.29, 1.82) is 0 Å². The van der Waals surface area contributed by atoms with Gasteiger partial charge in [0.2, 0.25) is 0 Å². The fraction of sp³-hybridized carbons (Fsp3) is 0.500. The highest BCUT2D eigenvalue weighted by Gasteiger charge is 2.12. The number of aliphatic hydroxyl groups is 1. The average Bonchev–Trinajstić information content (AvgIpc) is 2.27. The molecule has 17 heavy (non-hydrogen) atoms. The number of nitrogens with one attached hydrogen (secondary N) is 1. The number of nitrogens with zero attached hydrogens (tertiary/aromatic N) is 1. The number of carbonyl (C=O) groups excluding carboxylic acids is 1. The van der Waals surface area contributed by atoms with Crippen molar-refractivity contribution in [3.8, 4) is 0 Å². The number of aryl methyl sites for hydroxylation is 1. The maximum Gasteiger partial charge on any atom is 0.251 e. The molecule has 1 rings (SSSR count). The molecule has 1 heterocycles. The SMILES string of the molecule is CCC(CCO)NC(=O)c1cc(C)nc(Cl)c1. The number of rotatable bonds is 5. The van der Waals surface area contributed by atoms with E-state index in [2.05, 4.69) is 10.3 Å². The number of carbonyl (C=O) groups is 1. The summed E-state index contributed by atoms with van der Waals surface area (Å²) in [5.74, 6) is -0.183. The first-order valence-electron chi connectivity index (χ1n) is 5.62. The van der Waals surface area contributed by atoms with Crippen LogP contribution in [0, 0.1) is 6.92 Å². The second-order valence-electron chi connectivity index (χ2n) is 3.91. The molecule has 0 fully saturated rings. The summed E-state index contributed by atoms with van der Waals surface area (Å²) >= 11 is 5.79. The van der Waals surface area contributed by atoms with Gasteiger partial charge in [0.25, 0.3) is 5.91 Å². The highest BCUT2D eigenvalue weighted by Crippen LogP contribution is 2.11. The molecule has 1 aromatic rings. The van der Waals surface area contributed by atoms with Crippen LogP contribution in [0.5, 0.6) is 0 Å². The minimum atomic E-state index is -0.183. The number of amides is 1. The summed E-state index contributed by atoms with van der Waals surface area (Å²) in [6.45, 7) is 3.81. The van der Waals surface area contributed by atoms with Gasteiger partial charge in [-0.2, -0.15) is 0 Å². The third-order valence-electron chi connectivity index (χ3n) is 2.49. The zero-order chi connectivity index (χ0) is 12.8. The Labute approximate surface area is 106 Å². The fourth-order valence-electron chi connectivity index (χ4n) is 1.56. The maximum absolute atomic E-state index is 11.9. The lowest BCUT2D eigenvalue weighted by Crippen LogP contribution is -2.35. The third-order valence-corrected chi connectivity index (χ3v) is 2.68. The Balaban J connectivity index is 2.75. The minimum absolute atomic E-state index is 0.0141. The van der Waals surface area contributed by atoms with E-state index < -0.39 is 0 Å². The van der Waals surface area contributed by atoms with Crippen LogP contribution in [0.4, 0.5) is 0 Å². The Morgan fingerprint density at radius 1 is 1.59 bits per heavy atom. The Morgan fingerprint density at radius 3 is 2.82 bits per heavy atom. The maximum atomic E-state index is 11.9. The van der Waals surface area contributed by atoms with Crippen LogP contribution in [0.2, 0.25) is 5.15 Å². The predicted molar refractivity (Wildman–Crippen MR) is 67.2 cm³/mol. The van der Waals surface area contributed by atoms with E-state index in [1.165, 1.54) is 6.07 Å². The first kappa shape index (κ1) is 13.9. The molecule has 0 saturated heterocycles. The Bertz CT molecular complexity index is 376. The van der Waals surface area contributed by atoms with Crippen molar-refractivity contribution >= 4 is 17.5 Å². The van der Waals surface area contributed by atoms with Crippen LogP contribution in [0.1, 0.15) is 35.8 Å². The second kappa shape index (κ2) is 6.57. The van der Waals surface area contributed by atoms with E-state index in [0.717, 1.165) is 6.42 Å². The average molecular weight is 257 g/mol. The lowest BCUT2D eigenvalue weighted by molar-refractivity contribution is 0.0929. The highest BCUT2D eigenvalue weighted by molar-refractivity contribution is 6.29. The minimum Gasteiger partial charge on any atom is -0.396 e. The van der Waals surface area contributed by atoms with Crippen LogP contribution in [-0.4, -0.2) is 28.6 Å². The van der Waals surface area contributed by atoms with Gasteiger partial charge >= 0.3 is 0 Å². The van der Waals surface area contributed by atoms with E-state index >= 15 is 0 Å². The summed E-state index contributed by atoms with van der Waals surface area (Å²) in [5.41, 5.74) is 1.21. The summed E-state index contributed by atoms with van der Waals surface area (Å²) in [7, 11) is 0. The van der Waals surface area contributed by atoms with Crippen LogP contribution in [0.3, 0.4) is 0 Å². The van der Waals surface area contributed by atoms with E-state index in [-0.39, 0.29) is 18.6 Å². The van der Waals surface area contributed by atoms with Crippen LogP contribution in [0.15, 0.2) is 12.1 Å². The van der Waals surface area contributed by atoms with E-state index in [1.54, 1.807) is 13.0 Å². The smallest absolute Gasteiger partial charge is 0.251 e. The van der Waals surface area contributed by atoms with Gasteiger partial charge in [-0.15, -0.1) is 0 Å². The fourth-order valence-corrected chi connectivity index (χ4v) is 1.81. The first-order valence-corrected chi connectivity index (χ1v) is 6.00. The second-order valence-corrected chi connectivity index (χ2v) is 4.30. The lowest BCUT2D eigenvalue weighted by atomic mass is 10.1. The molecule has 0 aliphatic carbocycles.